The lowest BCUT2D eigenvalue weighted by atomic mass is 9.95. The molecule has 2 aliphatic carbocycles. The third-order valence-corrected chi connectivity index (χ3v) is 5.05. The van der Waals surface area contributed by atoms with Gasteiger partial charge in [-0.3, -0.25) is 10.1 Å². The van der Waals surface area contributed by atoms with E-state index in [4.69, 9.17) is 0 Å². The topological polar surface area (TPSA) is 49.3 Å². The van der Waals surface area contributed by atoms with Crippen LogP contribution < -0.4 is 5.32 Å². The van der Waals surface area contributed by atoms with Gasteiger partial charge in [-0.05, 0) is 49.7 Å². The lowest BCUT2D eigenvalue weighted by molar-refractivity contribution is -0.145. The van der Waals surface area contributed by atoms with E-state index < -0.39 is 11.5 Å². The number of carbonyl (C=O) groups is 1. The molecule has 0 aliphatic heterocycles. The molecule has 0 amide bonds. The van der Waals surface area contributed by atoms with Gasteiger partial charge >= 0.3 is 5.97 Å². The molecule has 4 heteroatoms. The number of hydrogen-bond donors (Lipinski definition) is 2. The maximum absolute atomic E-state index is 11.7. The fourth-order valence-electron chi connectivity index (χ4n) is 2.30. The van der Waals surface area contributed by atoms with Crippen LogP contribution in [0.1, 0.15) is 46.0 Å². The third-order valence-electron chi connectivity index (χ3n) is 3.86. The first-order valence-corrected chi connectivity index (χ1v) is 8.29. The fourth-order valence-corrected chi connectivity index (χ4v) is 3.84. The van der Waals surface area contributed by atoms with Crippen LogP contribution >= 0.6 is 11.8 Å². The van der Waals surface area contributed by atoms with Crippen LogP contribution in [0.2, 0.25) is 0 Å². The van der Waals surface area contributed by atoms with Crippen LogP contribution in [0.3, 0.4) is 0 Å². The zero-order valence-electron chi connectivity index (χ0n) is 11.4. The molecule has 1 unspecified atom stereocenters. The van der Waals surface area contributed by atoms with Gasteiger partial charge in [0.15, 0.2) is 0 Å². The number of aliphatic carboxylic acids is 1. The number of thioether (sulfide) groups is 1. The highest BCUT2D eigenvalue weighted by Crippen LogP contribution is 2.43. The molecule has 0 aromatic rings. The van der Waals surface area contributed by atoms with E-state index in [-0.39, 0.29) is 0 Å². The van der Waals surface area contributed by atoms with Gasteiger partial charge in [0.1, 0.15) is 5.54 Å². The van der Waals surface area contributed by atoms with Gasteiger partial charge in [-0.1, -0.05) is 13.8 Å². The van der Waals surface area contributed by atoms with Gasteiger partial charge < -0.3 is 5.11 Å². The van der Waals surface area contributed by atoms with E-state index in [2.05, 4.69) is 19.2 Å². The highest BCUT2D eigenvalue weighted by molar-refractivity contribution is 7.99. The molecule has 3 nitrogen and oxygen atoms in total. The van der Waals surface area contributed by atoms with E-state index in [9.17, 15) is 9.90 Å². The van der Waals surface area contributed by atoms with Crippen LogP contribution in [0.25, 0.3) is 0 Å². The lowest BCUT2D eigenvalue weighted by Gasteiger charge is -2.31. The maximum atomic E-state index is 11.7. The van der Waals surface area contributed by atoms with Gasteiger partial charge in [0.25, 0.3) is 0 Å². The van der Waals surface area contributed by atoms with Crippen molar-refractivity contribution < 1.29 is 9.90 Å². The quantitative estimate of drug-likeness (QED) is 0.633. The molecule has 2 aliphatic rings. The standard InChI is InChI=1S/C14H25NO2S/c1-10(2)7-8-18-9-14(13(16)17,11-3-4-11)15-12-5-6-12/h10-12,15H,3-9H2,1-2H3,(H,16,17). The van der Waals surface area contributed by atoms with Crippen molar-refractivity contribution in [2.75, 3.05) is 11.5 Å². The van der Waals surface area contributed by atoms with Crippen LogP contribution in [0.5, 0.6) is 0 Å². The van der Waals surface area contributed by atoms with Crippen molar-refractivity contribution in [3.8, 4) is 0 Å². The lowest BCUT2D eigenvalue weighted by Crippen LogP contribution is -2.57. The molecule has 0 spiro atoms. The molecule has 18 heavy (non-hydrogen) atoms. The van der Waals surface area contributed by atoms with Crippen molar-refractivity contribution in [1.82, 2.24) is 5.32 Å². The summed E-state index contributed by atoms with van der Waals surface area (Å²) in [5.74, 6) is 2.24. The van der Waals surface area contributed by atoms with Gasteiger partial charge in [-0.2, -0.15) is 11.8 Å². The second kappa shape index (κ2) is 5.83. The molecule has 0 radical (unpaired) electrons. The summed E-state index contributed by atoms with van der Waals surface area (Å²) in [4.78, 5) is 11.7. The van der Waals surface area contributed by atoms with Gasteiger partial charge in [-0.25, -0.2) is 0 Å². The minimum atomic E-state index is -0.636. The van der Waals surface area contributed by atoms with Crippen LogP contribution in [-0.4, -0.2) is 34.2 Å². The molecular weight excluding hydrogens is 246 g/mol. The van der Waals surface area contributed by atoms with E-state index in [1.807, 2.05) is 11.8 Å². The average molecular weight is 271 g/mol. The zero-order valence-corrected chi connectivity index (χ0v) is 12.3. The summed E-state index contributed by atoms with van der Waals surface area (Å²) in [6.07, 6.45) is 5.64. The van der Waals surface area contributed by atoms with Crippen LogP contribution in [0.4, 0.5) is 0 Å². The summed E-state index contributed by atoms with van der Waals surface area (Å²) in [7, 11) is 0. The third kappa shape index (κ3) is 3.64. The molecule has 2 saturated carbocycles. The van der Waals surface area contributed by atoms with Crippen molar-refractivity contribution in [1.29, 1.82) is 0 Å². The molecule has 0 aromatic carbocycles. The predicted octanol–water partition coefficient (Wildman–Crippen LogP) is 2.75. The molecule has 1 atom stereocenters. The van der Waals surface area contributed by atoms with Gasteiger partial charge in [0, 0.05) is 11.8 Å². The monoisotopic (exact) mass is 271 g/mol. The number of rotatable bonds is 9. The van der Waals surface area contributed by atoms with Crippen molar-refractivity contribution >= 4 is 17.7 Å². The fraction of sp³-hybridized carbons (Fsp3) is 0.929. The van der Waals surface area contributed by atoms with E-state index in [0.717, 1.165) is 37.2 Å². The second-order valence-electron chi connectivity index (χ2n) is 6.20. The maximum Gasteiger partial charge on any atom is 0.325 e. The minimum absolute atomic E-state index is 0.363. The largest absolute Gasteiger partial charge is 0.480 e. The normalized spacial score (nSPS) is 23.1. The highest BCUT2D eigenvalue weighted by atomic mass is 32.2. The Morgan fingerprint density at radius 2 is 2.06 bits per heavy atom. The molecule has 2 N–H and O–H groups in total. The Kier molecular flexibility index (Phi) is 4.59. The number of carboxylic acid groups (broad SMARTS) is 1. The summed E-state index contributed by atoms with van der Waals surface area (Å²) in [5.41, 5.74) is -0.636. The predicted molar refractivity (Wildman–Crippen MR) is 76.0 cm³/mol. The zero-order chi connectivity index (χ0) is 13.2. The Balaban J connectivity index is 1.88. The molecular formula is C14H25NO2S. The van der Waals surface area contributed by atoms with Crippen molar-refractivity contribution in [3.63, 3.8) is 0 Å². The van der Waals surface area contributed by atoms with Crippen LogP contribution in [-0.2, 0) is 4.79 Å². The van der Waals surface area contributed by atoms with Gasteiger partial charge in [-0.15, -0.1) is 0 Å². The van der Waals surface area contributed by atoms with E-state index >= 15 is 0 Å². The number of hydrogen-bond acceptors (Lipinski definition) is 3. The Labute approximate surface area is 114 Å². The van der Waals surface area contributed by atoms with E-state index in [1.165, 1.54) is 6.42 Å². The summed E-state index contributed by atoms with van der Waals surface area (Å²) in [5, 5.41) is 13.1. The Morgan fingerprint density at radius 1 is 1.39 bits per heavy atom. The highest BCUT2D eigenvalue weighted by Gasteiger charge is 2.52. The SMILES string of the molecule is CC(C)CCSCC(NC1CC1)(C(=O)O)C1CC1. The van der Waals surface area contributed by atoms with E-state index in [0.29, 0.717) is 17.9 Å². The number of nitrogens with one attached hydrogen (secondary N) is 1. The Morgan fingerprint density at radius 3 is 2.50 bits per heavy atom. The molecule has 0 bridgehead atoms. The summed E-state index contributed by atoms with van der Waals surface area (Å²) >= 11 is 1.81. The molecule has 104 valence electrons. The van der Waals surface area contributed by atoms with Crippen molar-refractivity contribution in [2.45, 2.75) is 57.5 Å². The molecule has 2 fully saturated rings. The molecule has 0 saturated heterocycles. The Bertz CT molecular complexity index is 300. The second-order valence-corrected chi connectivity index (χ2v) is 7.31. The molecule has 0 heterocycles. The molecule has 0 aromatic heterocycles. The van der Waals surface area contributed by atoms with Crippen molar-refractivity contribution in [2.24, 2.45) is 11.8 Å². The van der Waals surface area contributed by atoms with Gasteiger partial charge in [0.2, 0.25) is 0 Å². The van der Waals surface area contributed by atoms with E-state index in [1.54, 1.807) is 0 Å². The first-order valence-electron chi connectivity index (χ1n) is 7.13. The number of carboxylic acids is 1. The summed E-state index contributed by atoms with van der Waals surface area (Å²) < 4.78 is 0. The molecule has 2 rings (SSSR count). The van der Waals surface area contributed by atoms with Crippen molar-refractivity contribution in [3.05, 3.63) is 0 Å². The van der Waals surface area contributed by atoms with Crippen LogP contribution in [0.15, 0.2) is 0 Å². The first kappa shape index (κ1) is 14.2. The van der Waals surface area contributed by atoms with Gasteiger partial charge in [0.05, 0.1) is 0 Å². The smallest absolute Gasteiger partial charge is 0.325 e. The van der Waals surface area contributed by atoms with Crippen LogP contribution in [0, 0.1) is 11.8 Å². The Hall–Kier alpha value is -0.220. The minimum Gasteiger partial charge on any atom is -0.480 e. The first-order chi connectivity index (χ1) is 8.54. The summed E-state index contributed by atoms with van der Waals surface area (Å²) in [6, 6.07) is 0.465. The average Bonchev–Trinajstić information content (AvgIpc) is 3.14. The summed E-state index contributed by atoms with van der Waals surface area (Å²) in [6.45, 7) is 4.43.